The van der Waals surface area contributed by atoms with Crippen molar-refractivity contribution in [2.24, 2.45) is 0 Å². The molecule has 0 atom stereocenters. The van der Waals surface area contributed by atoms with E-state index in [0.29, 0.717) is 19.3 Å². The van der Waals surface area contributed by atoms with E-state index in [1.165, 1.54) is 30.4 Å². The maximum atomic E-state index is 10.7. The van der Waals surface area contributed by atoms with Gasteiger partial charge in [0.05, 0.1) is 21.1 Å². The highest BCUT2D eigenvalue weighted by atomic mass is 35.5. The molecule has 2 rings (SSSR count). The van der Waals surface area contributed by atoms with Crippen molar-refractivity contribution in [2.45, 2.75) is 9.24 Å². The standard InChI is InChI=1S/C9H4Cl2N2O2S2/c10-4-1-12-2-5(11)7(4)17-9-13-3-6(16-9)8(14)15/h1-3H,(H,14,15). The molecule has 0 aromatic carbocycles. The normalized spacial score (nSPS) is 10.5. The van der Waals surface area contributed by atoms with Crippen molar-refractivity contribution < 1.29 is 9.90 Å². The van der Waals surface area contributed by atoms with E-state index >= 15 is 0 Å². The lowest BCUT2D eigenvalue weighted by Crippen LogP contribution is -1.89. The third-order valence-corrected chi connectivity index (χ3v) is 4.70. The summed E-state index contributed by atoms with van der Waals surface area (Å²) in [6.45, 7) is 0. The third kappa shape index (κ3) is 2.90. The number of hydrogen-bond acceptors (Lipinski definition) is 5. The van der Waals surface area contributed by atoms with E-state index in [9.17, 15) is 4.79 Å². The molecule has 0 aliphatic carbocycles. The lowest BCUT2D eigenvalue weighted by molar-refractivity contribution is 0.0702. The van der Waals surface area contributed by atoms with E-state index < -0.39 is 5.97 Å². The molecule has 0 saturated heterocycles. The van der Waals surface area contributed by atoms with Crippen LogP contribution in [0.4, 0.5) is 0 Å². The number of aromatic nitrogens is 2. The van der Waals surface area contributed by atoms with Gasteiger partial charge in [0.25, 0.3) is 0 Å². The molecule has 88 valence electrons. The van der Waals surface area contributed by atoms with Gasteiger partial charge in [-0.15, -0.1) is 11.3 Å². The molecule has 0 bridgehead atoms. The summed E-state index contributed by atoms with van der Waals surface area (Å²) in [7, 11) is 0. The van der Waals surface area contributed by atoms with Gasteiger partial charge in [0.2, 0.25) is 0 Å². The number of carboxylic acid groups (broad SMARTS) is 1. The van der Waals surface area contributed by atoms with Gasteiger partial charge in [0.15, 0.2) is 4.34 Å². The Morgan fingerprint density at radius 1 is 1.29 bits per heavy atom. The zero-order valence-corrected chi connectivity index (χ0v) is 11.2. The van der Waals surface area contributed by atoms with Gasteiger partial charge >= 0.3 is 5.97 Å². The summed E-state index contributed by atoms with van der Waals surface area (Å²) in [5.41, 5.74) is 0. The molecule has 8 heteroatoms. The molecular weight excluding hydrogens is 303 g/mol. The second kappa shape index (κ2) is 5.22. The van der Waals surface area contributed by atoms with Crippen molar-refractivity contribution in [1.29, 1.82) is 0 Å². The molecule has 0 spiro atoms. The summed E-state index contributed by atoms with van der Waals surface area (Å²) < 4.78 is 0.567. The molecule has 2 aromatic heterocycles. The number of aromatic carboxylic acids is 1. The first kappa shape index (κ1) is 12.6. The smallest absolute Gasteiger partial charge is 0.347 e. The van der Waals surface area contributed by atoms with Crippen molar-refractivity contribution in [3.8, 4) is 0 Å². The molecule has 0 saturated carbocycles. The minimum absolute atomic E-state index is 0.175. The minimum atomic E-state index is -0.999. The zero-order valence-electron chi connectivity index (χ0n) is 8.05. The summed E-state index contributed by atoms with van der Waals surface area (Å²) in [5, 5.41) is 9.60. The summed E-state index contributed by atoms with van der Waals surface area (Å²) in [6.07, 6.45) is 4.25. The Hall–Kier alpha value is -0.820. The fraction of sp³-hybridized carbons (Fsp3) is 0. The van der Waals surface area contributed by atoms with E-state index in [4.69, 9.17) is 28.3 Å². The first-order valence-electron chi connectivity index (χ1n) is 4.24. The van der Waals surface area contributed by atoms with E-state index in [2.05, 4.69) is 9.97 Å². The van der Waals surface area contributed by atoms with E-state index in [-0.39, 0.29) is 4.88 Å². The first-order valence-corrected chi connectivity index (χ1v) is 6.63. The van der Waals surface area contributed by atoms with Crippen LogP contribution in [0.2, 0.25) is 10.0 Å². The van der Waals surface area contributed by atoms with Crippen LogP contribution in [-0.4, -0.2) is 21.0 Å². The maximum Gasteiger partial charge on any atom is 0.347 e. The van der Waals surface area contributed by atoms with E-state index in [1.807, 2.05) is 0 Å². The quantitative estimate of drug-likeness (QED) is 0.937. The van der Waals surface area contributed by atoms with Gasteiger partial charge in [-0.2, -0.15) is 0 Å². The minimum Gasteiger partial charge on any atom is -0.477 e. The second-order valence-electron chi connectivity index (χ2n) is 2.83. The fourth-order valence-corrected chi connectivity index (χ4v) is 3.34. The molecule has 0 aliphatic rings. The number of nitrogens with zero attached hydrogens (tertiary/aromatic N) is 2. The molecule has 17 heavy (non-hydrogen) atoms. The van der Waals surface area contributed by atoms with Gasteiger partial charge in [-0.05, 0) is 0 Å². The number of thiazole rings is 1. The average molecular weight is 307 g/mol. The van der Waals surface area contributed by atoms with Crippen LogP contribution in [0.25, 0.3) is 0 Å². The number of pyridine rings is 1. The second-order valence-corrected chi connectivity index (χ2v) is 5.93. The number of carbonyl (C=O) groups is 1. The Kier molecular flexibility index (Phi) is 3.88. The fourth-order valence-electron chi connectivity index (χ4n) is 0.988. The summed E-state index contributed by atoms with van der Waals surface area (Å²) in [6, 6.07) is 0. The van der Waals surface area contributed by atoms with Crippen molar-refractivity contribution in [3.63, 3.8) is 0 Å². The molecule has 1 N–H and O–H groups in total. The predicted molar refractivity (Wildman–Crippen MR) is 67.5 cm³/mol. The van der Waals surface area contributed by atoms with Gasteiger partial charge in [0.1, 0.15) is 4.88 Å². The van der Waals surface area contributed by atoms with Gasteiger partial charge in [0, 0.05) is 12.4 Å². The number of carboxylic acids is 1. The lowest BCUT2D eigenvalue weighted by atomic mass is 10.5. The number of rotatable bonds is 3. The van der Waals surface area contributed by atoms with Crippen molar-refractivity contribution in [2.75, 3.05) is 0 Å². The van der Waals surface area contributed by atoms with Crippen molar-refractivity contribution >= 4 is 52.3 Å². The Morgan fingerprint density at radius 3 is 2.47 bits per heavy atom. The third-order valence-electron chi connectivity index (χ3n) is 1.69. The Bertz CT molecular complexity index is 554. The predicted octanol–water partition coefficient (Wildman–Crippen LogP) is 3.69. The van der Waals surface area contributed by atoms with Crippen LogP contribution in [0.15, 0.2) is 27.8 Å². The average Bonchev–Trinajstić information content (AvgIpc) is 2.72. The van der Waals surface area contributed by atoms with E-state index in [1.54, 1.807) is 0 Å². The molecular formula is C9H4Cl2N2O2S2. The van der Waals surface area contributed by atoms with Gasteiger partial charge in [-0.25, -0.2) is 9.78 Å². The molecule has 0 fully saturated rings. The molecule has 0 aliphatic heterocycles. The van der Waals surface area contributed by atoms with Crippen LogP contribution >= 0.6 is 46.3 Å². The molecule has 2 heterocycles. The van der Waals surface area contributed by atoms with Crippen LogP contribution in [-0.2, 0) is 0 Å². The van der Waals surface area contributed by atoms with Gasteiger partial charge in [-0.3, -0.25) is 4.98 Å². The summed E-state index contributed by atoms with van der Waals surface area (Å²) in [5.74, 6) is -0.999. The maximum absolute atomic E-state index is 10.7. The highest BCUT2D eigenvalue weighted by Crippen LogP contribution is 2.39. The summed E-state index contributed by atoms with van der Waals surface area (Å²) in [4.78, 5) is 19.3. The van der Waals surface area contributed by atoms with Gasteiger partial charge in [-0.1, -0.05) is 35.0 Å². The molecule has 0 unspecified atom stereocenters. The van der Waals surface area contributed by atoms with Crippen LogP contribution in [0.3, 0.4) is 0 Å². The Morgan fingerprint density at radius 2 is 1.94 bits per heavy atom. The van der Waals surface area contributed by atoms with Crippen LogP contribution in [0.5, 0.6) is 0 Å². The lowest BCUT2D eigenvalue weighted by Gasteiger charge is -2.02. The highest BCUT2D eigenvalue weighted by molar-refractivity contribution is 8.01. The van der Waals surface area contributed by atoms with Gasteiger partial charge < -0.3 is 5.11 Å². The van der Waals surface area contributed by atoms with Crippen LogP contribution < -0.4 is 0 Å². The molecule has 0 amide bonds. The monoisotopic (exact) mass is 306 g/mol. The molecule has 2 aromatic rings. The zero-order chi connectivity index (χ0) is 12.4. The van der Waals surface area contributed by atoms with Crippen molar-refractivity contribution in [1.82, 2.24) is 9.97 Å². The SMILES string of the molecule is O=C(O)c1cnc(Sc2c(Cl)cncc2Cl)s1. The first-order chi connectivity index (χ1) is 8.08. The Labute approximate surface area is 115 Å². The van der Waals surface area contributed by atoms with Crippen LogP contribution in [0.1, 0.15) is 9.67 Å². The van der Waals surface area contributed by atoms with Crippen molar-refractivity contribution in [3.05, 3.63) is 33.5 Å². The molecule has 4 nitrogen and oxygen atoms in total. The largest absolute Gasteiger partial charge is 0.477 e. The number of hydrogen-bond donors (Lipinski definition) is 1. The Balaban J connectivity index is 2.28. The number of halogens is 2. The summed E-state index contributed by atoms with van der Waals surface area (Å²) >= 11 is 14.2. The topological polar surface area (TPSA) is 63.1 Å². The molecule has 0 radical (unpaired) electrons. The van der Waals surface area contributed by atoms with Crippen LogP contribution in [0, 0.1) is 0 Å². The highest BCUT2D eigenvalue weighted by Gasteiger charge is 2.13. The van der Waals surface area contributed by atoms with E-state index in [0.717, 1.165) is 11.3 Å².